The molecule has 0 bridgehead atoms. The number of thiazole rings is 1. The molecule has 0 radical (unpaired) electrons. The van der Waals surface area contributed by atoms with E-state index in [1.165, 1.54) is 17.0 Å². The fourth-order valence-electron chi connectivity index (χ4n) is 3.17. The maximum Gasteiger partial charge on any atom is 0.180 e. The Morgan fingerprint density at radius 2 is 1.85 bits per heavy atom. The second kappa shape index (κ2) is 7.06. The molecule has 7 nitrogen and oxygen atoms in total. The summed E-state index contributed by atoms with van der Waals surface area (Å²) in [5.41, 5.74) is 16.0. The number of benzene rings is 1. The first-order valence-corrected chi connectivity index (χ1v) is 9.39. The van der Waals surface area contributed by atoms with Crippen molar-refractivity contribution in [3.05, 3.63) is 47.1 Å². The van der Waals surface area contributed by atoms with Crippen molar-refractivity contribution in [1.29, 1.82) is 0 Å². The van der Waals surface area contributed by atoms with Crippen LogP contribution in [0, 0.1) is 6.92 Å². The monoisotopic (exact) mass is 370 g/mol. The number of rotatable bonds is 3. The third-order valence-electron chi connectivity index (χ3n) is 4.52. The number of morpholine rings is 1. The van der Waals surface area contributed by atoms with Gasteiger partial charge >= 0.3 is 0 Å². The highest BCUT2D eigenvalue weighted by Gasteiger charge is 2.20. The molecule has 1 aromatic heterocycles. The van der Waals surface area contributed by atoms with E-state index in [0.29, 0.717) is 5.13 Å². The van der Waals surface area contributed by atoms with Crippen LogP contribution in [-0.4, -0.2) is 43.3 Å². The van der Waals surface area contributed by atoms with E-state index >= 15 is 0 Å². The zero-order chi connectivity index (χ0) is 18.1. The molecule has 1 unspecified atom stereocenters. The van der Waals surface area contributed by atoms with Gasteiger partial charge in [0.15, 0.2) is 11.4 Å². The average Bonchev–Trinajstić information content (AvgIpc) is 3.01. The number of aromatic nitrogens is 1. The third kappa shape index (κ3) is 3.31. The van der Waals surface area contributed by atoms with Gasteiger partial charge in [0.1, 0.15) is 0 Å². The van der Waals surface area contributed by atoms with Crippen molar-refractivity contribution in [3.63, 3.8) is 0 Å². The Kier molecular flexibility index (Phi) is 4.62. The zero-order valence-corrected chi connectivity index (χ0v) is 15.4. The number of aryl methyl sites for hydroxylation is 1. The highest BCUT2D eigenvalue weighted by atomic mass is 32.1. The zero-order valence-electron chi connectivity index (χ0n) is 14.6. The summed E-state index contributed by atoms with van der Waals surface area (Å²) >= 11 is 1.43. The van der Waals surface area contributed by atoms with Crippen LogP contribution in [0.1, 0.15) is 10.6 Å². The molecule has 26 heavy (non-hydrogen) atoms. The van der Waals surface area contributed by atoms with Gasteiger partial charge in [0.2, 0.25) is 0 Å². The summed E-state index contributed by atoms with van der Waals surface area (Å²) in [6.07, 6.45) is 3.44. The minimum absolute atomic E-state index is 0.480. The van der Waals surface area contributed by atoms with E-state index in [9.17, 15) is 0 Å². The molecule has 8 heteroatoms. The number of anilines is 3. The summed E-state index contributed by atoms with van der Waals surface area (Å²) < 4.78 is 5.41. The summed E-state index contributed by atoms with van der Waals surface area (Å²) in [6.45, 7) is 5.34. The number of aliphatic imine (C=N–C) groups is 1. The van der Waals surface area contributed by atoms with Crippen molar-refractivity contribution in [2.45, 2.75) is 13.2 Å². The second-order valence-corrected chi connectivity index (χ2v) is 7.26. The molecule has 1 aromatic carbocycles. The Morgan fingerprint density at radius 3 is 2.46 bits per heavy atom. The summed E-state index contributed by atoms with van der Waals surface area (Å²) in [5.74, 6) is 0. The van der Waals surface area contributed by atoms with Crippen LogP contribution in [0.4, 0.5) is 16.5 Å². The quantitative estimate of drug-likeness (QED) is 0.858. The predicted molar refractivity (Wildman–Crippen MR) is 107 cm³/mol. The van der Waals surface area contributed by atoms with Crippen molar-refractivity contribution in [3.8, 4) is 0 Å². The number of nitrogens with zero attached hydrogens (tertiary/aromatic N) is 4. The number of allylic oxidation sites excluding steroid dienone is 1. The molecule has 0 amide bonds. The number of hydrogen-bond acceptors (Lipinski definition) is 8. The van der Waals surface area contributed by atoms with E-state index in [1.54, 1.807) is 0 Å². The molecule has 0 saturated carbocycles. The molecule has 2 aliphatic heterocycles. The van der Waals surface area contributed by atoms with Gasteiger partial charge in [0.25, 0.3) is 0 Å². The average molecular weight is 370 g/mol. The SMILES string of the molecule is Cc1nc(N)sc1C1=NC(N)N(c2ccc(N3CCOCC3)cc2)C=C1. The van der Waals surface area contributed by atoms with Crippen LogP contribution in [0.25, 0.3) is 0 Å². The van der Waals surface area contributed by atoms with Gasteiger partial charge in [0.05, 0.1) is 29.5 Å². The molecule has 0 spiro atoms. The Morgan fingerprint density at radius 1 is 1.15 bits per heavy atom. The van der Waals surface area contributed by atoms with E-state index in [0.717, 1.165) is 48.3 Å². The Balaban J connectivity index is 1.51. The van der Waals surface area contributed by atoms with Crippen LogP contribution in [0.2, 0.25) is 0 Å². The number of ether oxygens (including phenoxy) is 1. The summed E-state index contributed by atoms with van der Waals surface area (Å²) in [4.78, 5) is 14.1. The Labute approximate surface area is 156 Å². The fourth-order valence-corrected chi connectivity index (χ4v) is 3.98. The maximum absolute atomic E-state index is 6.29. The van der Waals surface area contributed by atoms with Crippen LogP contribution in [-0.2, 0) is 4.74 Å². The molecular formula is C18H22N6OS. The Bertz CT molecular complexity index is 838. The molecule has 2 aliphatic rings. The first-order valence-electron chi connectivity index (χ1n) is 8.58. The highest BCUT2D eigenvalue weighted by Crippen LogP contribution is 2.27. The molecule has 136 valence electrons. The first-order chi connectivity index (χ1) is 12.6. The van der Waals surface area contributed by atoms with Crippen LogP contribution in [0.3, 0.4) is 0 Å². The number of hydrogen-bond donors (Lipinski definition) is 2. The van der Waals surface area contributed by atoms with E-state index in [4.69, 9.17) is 16.2 Å². The van der Waals surface area contributed by atoms with E-state index in [1.807, 2.05) is 24.1 Å². The maximum atomic E-state index is 6.29. The Hall–Kier alpha value is -2.42. The predicted octanol–water partition coefficient (Wildman–Crippen LogP) is 1.94. The normalized spacial score (nSPS) is 20.4. The molecule has 1 atom stereocenters. The topological polar surface area (TPSA) is 93.0 Å². The van der Waals surface area contributed by atoms with Crippen LogP contribution >= 0.6 is 11.3 Å². The highest BCUT2D eigenvalue weighted by molar-refractivity contribution is 7.17. The second-order valence-electron chi connectivity index (χ2n) is 6.23. The van der Waals surface area contributed by atoms with Gasteiger partial charge in [-0.15, -0.1) is 0 Å². The van der Waals surface area contributed by atoms with Crippen LogP contribution in [0.15, 0.2) is 41.5 Å². The van der Waals surface area contributed by atoms with Crippen molar-refractivity contribution >= 4 is 33.6 Å². The lowest BCUT2D eigenvalue weighted by Gasteiger charge is -2.31. The van der Waals surface area contributed by atoms with Gasteiger partial charge in [-0.2, -0.15) is 0 Å². The summed E-state index contributed by atoms with van der Waals surface area (Å²) in [5, 5.41) is 0.545. The van der Waals surface area contributed by atoms with Crippen molar-refractivity contribution in [2.24, 2.45) is 10.7 Å². The van der Waals surface area contributed by atoms with Gasteiger partial charge in [-0.25, -0.2) is 9.98 Å². The van der Waals surface area contributed by atoms with E-state index in [-0.39, 0.29) is 0 Å². The van der Waals surface area contributed by atoms with E-state index in [2.05, 4.69) is 39.1 Å². The summed E-state index contributed by atoms with van der Waals surface area (Å²) in [7, 11) is 0. The van der Waals surface area contributed by atoms with Crippen molar-refractivity contribution in [2.75, 3.05) is 41.8 Å². The van der Waals surface area contributed by atoms with Gasteiger partial charge in [-0.1, -0.05) is 11.3 Å². The molecule has 1 saturated heterocycles. The lowest BCUT2D eigenvalue weighted by atomic mass is 10.2. The minimum Gasteiger partial charge on any atom is -0.378 e. The fraction of sp³-hybridized carbons (Fsp3) is 0.333. The number of nitrogen functional groups attached to an aromatic ring is 1. The lowest BCUT2D eigenvalue weighted by molar-refractivity contribution is 0.122. The molecule has 4 rings (SSSR count). The number of nitrogens with two attached hydrogens (primary N) is 2. The van der Waals surface area contributed by atoms with Crippen molar-refractivity contribution in [1.82, 2.24) is 4.98 Å². The molecule has 4 N–H and O–H groups in total. The van der Waals surface area contributed by atoms with Crippen molar-refractivity contribution < 1.29 is 4.74 Å². The largest absolute Gasteiger partial charge is 0.378 e. The van der Waals surface area contributed by atoms with Gasteiger partial charge in [-0.05, 0) is 37.3 Å². The summed E-state index contributed by atoms with van der Waals surface area (Å²) in [6, 6.07) is 8.39. The third-order valence-corrected chi connectivity index (χ3v) is 5.53. The smallest absolute Gasteiger partial charge is 0.180 e. The van der Waals surface area contributed by atoms with Crippen LogP contribution in [0.5, 0.6) is 0 Å². The molecule has 1 fully saturated rings. The van der Waals surface area contributed by atoms with Crippen LogP contribution < -0.4 is 21.3 Å². The first kappa shape index (κ1) is 17.0. The molecule has 0 aliphatic carbocycles. The van der Waals surface area contributed by atoms with E-state index < -0.39 is 6.29 Å². The standard InChI is InChI=1S/C18H22N6OS/c1-12-16(26-18(20)21-12)15-6-7-24(17(19)22-15)14-4-2-13(3-5-14)23-8-10-25-11-9-23/h2-7,17H,8-11,19H2,1H3,(H2,20,21). The molecule has 3 heterocycles. The van der Waals surface area contributed by atoms with Gasteiger partial charge < -0.3 is 20.3 Å². The minimum atomic E-state index is -0.480. The van der Waals surface area contributed by atoms with Gasteiger partial charge in [0, 0.05) is 30.7 Å². The van der Waals surface area contributed by atoms with Gasteiger partial charge in [-0.3, -0.25) is 5.73 Å². The molecular weight excluding hydrogens is 348 g/mol. The lowest BCUT2D eigenvalue weighted by Crippen LogP contribution is -2.40. The molecule has 2 aromatic rings.